The van der Waals surface area contributed by atoms with Gasteiger partial charge in [-0.1, -0.05) is 0 Å². The summed E-state index contributed by atoms with van der Waals surface area (Å²) in [6, 6.07) is -6.08. The van der Waals surface area contributed by atoms with Gasteiger partial charge in [0.15, 0.2) is 0 Å². The van der Waals surface area contributed by atoms with Gasteiger partial charge in [0.05, 0.1) is 25.0 Å². The number of hydrogen-bond donors (Lipinski definition) is 8. The van der Waals surface area contributed by atoms with Crippen molar-refractivity contribution in [1.82, 2.24) is 16.0 Å². The number of aliphatic carboxylic acids is 2. The highest BCUT2D eigenvalue weighted by Gasteiger charge is 2.33. The maximum absolute atomic E-state index is 12.6. The summed E-state index contributed by atoms with van der Waals surface area (Å²) in [6.07, 6.45) is -1.06. The van der Waals surface area contributed by atoms with Gasteiger partial charge in [-0.25, -0.2) is 4.79 Å². The van der Waals surface area contributed by atoms with Gasteiger partial charge in [0.2, 0.25) is 23.6 Å². The van der Waals surface area contributed by atoms with Crippen LogP contribution in [0.3, 0.4) is 0 Å². The predicted molar refractivity (Wildman–Crippen MR) is 112 cm³/mol. The van der Waals surface area contributed by atoms with Gasteiger partial charge in [-0.15, -0.1) is 0 Å². The molecule has 0 bridgehead atoms. The molecule has 15 heteroatoms. The summed E-state index contributed by atoms with van der Waals surface area (Å²) < 4.78 is 0. The molecule has 0 heterocycles. The molecule has 0 fully saturated rings. The van der Waals surface area contributed by atoms with Crippen LogP contribution in [0.25, 0.3) is 0 Å². The average molecular weight is 480 g/mol. The third-order valence-corrected chi connectivity index (χ3v) is 4.71. The minimum atomic E-state index is -1.78. The molecule has 0 aromatic rings. The first-order valence-electron chi connectivity index (χ1n) is 9.36. The van der Waals surface area contributed by atoms with E-state index in [0.29, 0.717) is 12.2 Å². The van der Waals surface area contributed by atoms with E-state index in [1.54, 1.807) is 0 Å². The van der Waals surface area contributed by atoms with E-state index in [2.05, 4.69) is 10.6 Å². The number of carbonyl (C=O) groups is 6. The second kappa shape index (κ2) is 14.2. The molecule has 0 radical (unpaired) electrons. The zero-order chi connectivity index (χ0) is 25.0. The van der Waals surface area contributed by atoms with Crippen molar-refractivity contribution in [1.29, 1.82) is 0 Å². The van der Waals surface area contributed by atoms with Crippen LogP contribution in [-0.4, -0.2) is 93.2 Å². The minimum absolute atomic E-state index is 0.293. The second-order valence-electron chi connectivity index (χ2n) is 6.84. The van der Waals surface area contributed by atoms with E-state index in [1.165, 1.54) is 18.7 Å². The van der Waals surface area contributed by atoms with Gasteiger partial charge in [-0.05, 0) is 25.4 Å². The van der Waals surface area contributed by atoms with Crippen LogP contribution in [0, 0.1) is 0 Å². The van der Waals surface area contributed by atoms with Gasteiger partial charge in [0.1, 0.15) is 18.1 Å². The van der Waals surface area contributed by atoms with E-state index in [-0.39, 0.29) is 0 Å². The number of carboxylic acid groups (broad SMARTS) is 2. The molecule has 32 heavy (non-hydrogen) atoms. The Morgan fingerprint density at radius 1 is 0.906 bits per heavy atom. The molecule has 4 amide bonds. The molecule has 0 rings (SSSR count). The molecule has 5 atom stereocenters. The van der Waals surface area contributed by atoms with Crippen LogP contribution in [0.4, 0.5) is 0 Å². The summed E-state index contributed by atoms with van der Waals surface area (Å²) in [7, 11) is 0. The highest BCUT2D eigenvalue weighted by atomic mass is 32.2. The molecular formula is C17H29N5O9S. The van der Waals surface area contributed by atoms with Crippen LogP contribution < -0.4 is 27.4 Å². The Kier molecular flexibility index (Phi) is 12.9. The molecule has 0 aromatic carbocycles. The van der Waals surface area contributed by atoms with Crippen LogP contribution in [0.2, 0.25) is 0 Å². The Morgan fingerprint density at radius 3 is 1.91 bits per heavy atom. The van der Waals surface area contributed by atoms with Crippen LogP contribution in [-0.2, 0) is 28.8 Å². The van der Waals surface area contributed by atoms with Crippen LogP contribution in [0.15, 0.2) is 0 Å². The van der Waals surface area contributed by atoms with Crippen molar-refractivity contribution < 1.29 is 44.1 Å². The first kappa shape index (κ1) is 29.1. The lowest BCUT2D eigenvalue weighted by Gasteiger charge is -2.25. The predicted octanol–water partition coefficient (Wildman–Crippen LogP) is -3.66. The zero-order valence-electron chi connectivity index (χ0n) is 17.6. The normalized spacial score (nSPS) is 15.4. The number of hydrogen-bond acceptors (Lipinski definition) is 9. The van der Waals surface area contributed by atoms with Crippen LogP contribution >= 0.6 is 11.8 Å². The topological polar surface area (TPSA) is 251 Å². The molecule has 0 aromatic heterocycles. The number of aliphatic hydroxyl groups excluding tert-OH is 1. The number of carbonyl (C=O) groups excluding carboxylic acids is 4. The molecule has 10 N–H and O–H groups in total. The van der Waals surface area contributed by atoms with Gasteiger partial charge in [0, 0.05) is 0 Å². The van der Waals surface area contributed by atoms with E-state index < -0.39 is 78.7 Å². The van der Waals surface area contributed by atoms with Crippen molar-refractivity contribution in [2.24, 2.45) is 11.5 Å². The fourth-order valence-electron chi connectivity index (χ4n) is 2.36. The molecule has 14 nitrogen and oxygen atoms in total. The largest absolute Gasteiger partial charge is 0.481 e. The van der Waals surface area contributed by atoms with E-state index in [0.717, 1.165) is 0 Å². The van der Waals surface area contributed by atoms with Gasteiger partial charge in [-0.3, -0.25) is 24.0 Å². The highest BCUT2D eigenvalue weighted by Crippen LogP contribution is 2.03. The fourth-order valence-corrected chi connectivity index (χ4v) is 2.85. The monoisotopic (exact) mass is 479 g/mol. The minimum Gasteiger partial charge on any atom is -0.481 e. The molecule has 0 spiro atoms. The maximum atomic E-state index is 12.6. The van der Waals surface area contributed by atoms with E-state index in [9.17, 15) is 33.9 Å². The van der Waals surface area contributed by atoms with Crippen molar-refractivity contribution in [3.8, 4) is 0 Å². The Balaban J connectivity index is 5.42. The van der Waals surface area contributed by atoms with E-state index >= 15 is 0 Å². The summed E-state index contributed by atoms with van der Waals surface area (Å²) in [6.45, 7) is 1.18. The van der Waals surface area contributed by atoms with Gasteiger partial charge in [-0.2, -0.15) is 11.8 Å². The molecule has 5 unspecified atom stereocenters. The molecule has 182 valence electrons. The number of primary amides is 1. The number of aliphatic hydroxyl groups is 1. The van der Waals surface area contributed by atoms with Crippen molar-refractivity contribution in [2.75, 3.05) is 12.0 Å². The first-order chi connectivity index (χ1) is 14.8. The molecular weight excluding hydrogens is 450 g/mol. The molecule has 0 aliphatic carbocycles. The second-order valence-corrected chi connectivity index (χ2v) is 7.83. The Labute approximate surface area is 187 Å². The molecule has 0 aliphatic heterocycles. The SMILES string of the molecule is CSCCC(N)C(=O)NC(C(=O)NC(CC(=O)O)C(=O)NC(CC(N)=O)C(=O)O)C(C)O. The van der Waals surface area contributed by atoms with Crippen molar-refractivity contribution >= 4 is 47.3 Å². The average Bonchev–Trinajstić information content (AvgIpc) is 2.67. The van der Waals surface area contributed by atoms with Crippen LogP contribution in [0.5, 0.6) is 0 Å². The smallest absolute Gasteiger partial charge is 0.326 e. The number of carboxylic acids is 2. The lowest BCUT2D eigenvalue weighted by atomic mass is 10.1. The Bertz CT molecular complexity index is 719. The van der Waals surface area contributed by atoms with Crippen molar-refractivity contribution in [2.45, 2.75) is 56.5 Å². The van der Waals surface area contributed by atoms with Crippen molar-refractivity contribution in [3.63, 3.8) is 0 Å². The third kappa shape index (κ3) is 10.9. The van der Waals surface area contributed by atoms with Crippen molar-refractivity contribution in [3.05, 3.63) is 0 Å². The van der Waals surface area contributed by atoms with Gasteiger partial charge >= 0.3 is 11.9 Å². The summed E-state index contributed by atoms with van der Waals surface area (Å²) in [4.78, 5) is 70.4. The number of amides is 4. The van der Waals surface area contributed by atoms with E-state index in [1.807, 2.05) is 11.6 Å². The molecule has 0 saturated carbocycles. The number of thioether (sulfide) groups is 1. The van der Waals surface area contributed by atoms with Crippen LogP contribution in [0.1, 0.15) is 26.2 Å². The van der Waals surface area contributed by atoms with Gasteiger partial charge < -0.3 is 42.7 Å². The standard InChI is InChI=1S/C17H29N5O9S/c1-7(23)13(22-14(27)8(18)3-4-32-2)16(29)20-9(6-12(25)26)15(28)21-10(17(30)31)5-11(19)24/h7-10,13,23H,3-6,18H2,1-2H3,(H2,19,24)(H,20,29)(H,21,28)(H,22,27)(H,25,26)(H,30,31). The number of rotatable bonds is 15. The third-order valence-electron chi connectivity index (χ3n) is 4.06. The zero-order valence-corrected chi connectivity index (χ0v) is 18.4. The maximum Gasteiger partial charge on any atom is 0.326 e. The summed E-state index contributed by atoms with van der Waals surface area (Å²) in [5.41, 5.74) is 10.6. The summed E-state index contributed by atoms with van der Waals surface area (Å²) in [5, 5.41) is 34.2. The van der Waals surface area contributed by atoms with Gasteiger partial charge in [0.25, 0.3) is 0 Å². The number of nitrogens with two attached hydrogens (primary N) is 2. The molecule has 0 aliphatic rings. The summed E-state index contributed by atoms with van der Waals surface area (Å²) in [5.74, 6) is -6.65. The summed E-state index contributed by atoms with van der Waals surface area (Å²) >= 11 is 1.45. The molecule has 0 saturated heterocycles. The lowest BCUT2D eigenvalue weighted by Crippen LogP contribution is -2.60. The first-order valence-corrected chi connectivity index (χ1v) is 10.8. The number of nitrogens with one attached hydrogen (secondary N) is 3. The quantitative estimate of drug-likeness (QED) is 0.114. The highest BCUT2D eigenvalue weighted by molar-refractivity contribution is 7.98. The Morgan fingerprint density at radius 2 is 1.47 bits per heavy atom. The lowest BCUT2D eigenvalue weighted by molar-refractivity contribution is -0.145. The fraction of sp³-hybridized carbons (Fsp3) is 0.647. The Hall–Kier alpha value is -2.91. The van der Waals surface area contributed by atoms with E-state index in [4.69, 9.17) is 21.7 Å².